The third kappa shape index (κ3) is 2.77. The van der Waals surface area contributed by atoms with Gasteiger partial charge in [0.15, 0.2) is 0 Å². The molecule has 1 aliphatic heterocycles. The number of fused-ring (bicyclic) bond motifs is 1. The summed E-state index contributed by atoms with van der Waals surface area (Å²) in [5.74, 6) is 1.02. The Labute approximate surface area is 122 Å². The van der Waals surface area contributed by atoms with Crippen LogP contribution in [0.3, 0.4) is 0 Å². The first-order valence-electron chi connectivity index (χ1n) is 8.51. The van der Waals surface area contributed by atoms with Crippen LogP contribution in [0, 0.1) is 16.7 Å². The maximum absolute atomic E-state index is 11.7. The molecule has 1 heterocycles. The number of rotatable bonds is 4. The number of ether oxygens (including phenoxy) is 1. The zero-order valence-electron chi connectivity index (χ0n) is 12.5. The van der Waals surface area contributed by atoms with Gasteiger partial charge < -0.3 is 10.1 Å². The third-order valence-electron chi connectivity index (χ3n) is 5.94. The van der Waals surface area contributed by atoms with Crippen molar-refractivity contribution in [2.75, 3.05) is 19.8 Å². The predicted molar refractivity (Wildman–Crippen MR) is 79.7 cm³/mol. The summed E-state index contributed by atoms with van der Waals surface area (Å²) >= 11 is 0. The highest BCUT2D eigenvalue weighted by molar-refractivity contribution is 5.05. The number of hydrogen-bond donors (Lipinski definition) is 1. The highest BCUT2D eigenvalue weighted by Crippen LogP contribution is 2.49. The van der Waals surface area contributed by atoms with Gasteiger partial charge in [-0.05, 0) is 44.4 Å². The maximum Gasteiger partial charge on any atom is 0.109 e. The summed E-state index contributed by atoms with van der Waals surface area (Å²) in [6.45, 7) is 2.73. The fraction of sp³-hybridized carbons (Fsp3) is 1.00. The number of nitroso groups, excluding NO2 is 1. The van der Waals surface area contributed by atoms with Crippen LogP contribution in [0.4, 0.5) is 0 Å². The summed E-state index contributed by atoms with van der Waals surface area (Å²) in [6.07, 6.45) is 10.6. The van der Waals surface area contributed by atoms with E-state index in [1.54, 1.807) is 0 Å². The molecule has 0 aromatic heterocycles. The van der Waals surface area contributed by atoms with Crippen LogP contribution in [-0.4, -0.2) is 31.3 Å². The Morgan fingerprint density at radius 2 is 1.85 bits per heavy atom. The molecule has 20 heavy (non-hydrogen) atoms. The van der Waals surface area contributed by atoms with Crippen LogP contribution in [0.15, 0.2) is 5.18 Å². The largest absolute Gasteiger partial charge is 0.381 e. The van der Waals surface area contributed by atoms with Crippen LogP contribution in [0.2, 0.25) is 0 Å². The van der Waals surface area contributed by atoms with Crippen LogP contribution < -0.4 is 5.32 Å². The molecule has 1 N–H and O–H groups in total. The molecule has 114 valence electrons. The monoisotopic (exact) mass is 280 g/mol. The highest BCUT2D eigenvalue weighted by atomic mass is 16.5. The van der Waals surface area contributed by atoms with E-state index in [1.165, 1.54) is 38.5 Å². The molecule has 0 aromatic rings. The van der Waals surface area contributed by atoms with E-state index < -0.39 is 0 Å². The molecule has 3 rings (SSSR count). The molecule has 3 unspecified atom stereocenters. The number of hydrogen-bond acceptors (Lipinski definition) is 4. The van der Waals surface area contributed by atoms with E-state index in [-0.39, 0.29) is 5.54 Å². The van der Waals surface area contributed by atoms with E-state index >= 15 is 0 Å². The van der Waals surface area contributed by atoms with E-state index in [0.29, 0.717) is 17.9 Å². The van der Waals surface area contributed by atoms with Crippen LogP contribution in [0.5, 0.6) is 0 Å². The molecule has 0 bridgehead atoms. The minimum atomic E-state index is -0.241. The molecule has 4 heteroatoms. The molecule has 0 spiro atoms. The Morgan fingerprint density at radius 1 is 1.05 bits per heavy atom. The first-order chi connectivity index (χ1) is 9.85. The molecule has 4 nitrogen and oxygen atoms in total. The molecular formula is C16H28N2O2. The van der Waals surface area contributed by atoms with Crippen molar-refractivity contribution in [1.29, 1.82) is 0 Å². The Kier molecular flexibility index (Phi) is 4.72. The molecule has 3 atom stereocenters. The smallest absolute Gasteiger partial charge is 0.109 e. The summed E-state index contributed by atoms with van der Waals surface area (Å²) in [4.78, 5) is 11.7. The molecule has 3 fully saturated rings. The Bertz CT molecular complexity index is 328. The summed E-state index contributed by atoms with van der Waals surface area (Å²) in [5.41, 5.74) is -0.241. The average Bonchev–Trinajstić information content (AvgIpc) is 2.53. The normalized spacial score (nSPS) is 39.2. The van der Waals surface area contributed by atoms with Gasteiger partial charge >= 0.3 is 0 Å². The molecular weight excluding hydrogens is 252 g/mol. The molecule has 2 saturated carbocycles. The van der Waals surface area contributed by atoms with Gasteiger partial charge in [-0.15, -0.1) is 0 Å². The van der Waals surface area contributed by atoms with Crippen molar-refractivity contribution < 1.29 is 4.74 Å². The summed E-state index contributed by atoms with van der Waals surface area (Å²) in [7, 11) is 0. The van der Waals surface area contributed by atoms with Gasteiger partial charge in [0.2, 0.25) is 0 Å². The van der Waals surface area contributed by atoms with Crippen LogP contribution in [0.25, 0.3) is 0 Å². The molecule has 0 aromatic carbocycles. The van der Waals surface area contributed by atoms with Crippen molar-refractivity contribution >= 4 is 0 Å². The molecule has 3 aliphatic rings. The average molecular weight is 280 g/mol. The summed E-state index contributed by atoms with van der Waals surface area (Å²) in [6, 6.07) is 0.580. The Morgan fingerprint density at radius 3 is 2.65 bits per heavy atom. The Hall–Kier alpha value is -0.480. The van der Waals surface area contributed by atoms with Crippen molar-refractivity contribution in [2.45, 2.75) is 69.4 Å². The maximum atomic E-state index is 11.7. The van der Waals surface area contributed by atoms with Crippen LogP contribution in [0.1, 0.15) is 57.8 Å². The van der Waals surface area contributed by atoms with Crippen LogP contribution in [-0.2, 0) is 4.74 Å². The van der Waals surface area contributed by atoms with Gasteiger partial charge in [0, 0.05) is 31.7 Å². The van der Waals surface area contributed by atoms with Gasteiger partial charge in [0.25, 0.3) is 0 Å². The minimum absolute atomic E-state index is 0.241. The molecule has 1 saturated heterocycles. The van der Waals surface area contributed by atoms with Gasteiger partial charge in [-0.3, -0.25) is 0 Å². The Balaban J connectivity index is 1.62. The summed E-state index contributed by atoms with van der Waals surface area (Å²) in [5, 5.41) is 7.44. The molecule has 2 aliphatic carbocycles. The first kappa shape index (κ1) is 14.5. The van der Waals surface area contributed by atoms with Gasteiger partial charge in [0.05, 0.1) is 0 Å². The zero-order chi connectivity index (χ0) is 13.8. The fourth-order valence-electron chi connectivity index (χ4n) is 4.73. The standard InChI is InChI=1S/C16H28N2O2/c19-18-16-9-2-1-4-13(16)5-3-6-14(16)12-17-15-7-10-20-11-8-15/h13-15,17H,1-12H2. The van der Waals surface area contributed by atoms with E-state index in [2.05, 4.69) is 10.5 Å². The lowest BCUT2D eigenvalue weighted by Gasteiger charge is -2.48. The van der Waals surface area contributed by atoms with Crippen molar-refractivity contribution in [3.63, 3.8) is 0 Å². The van der Waals surface area contributed by atoms with Gasteiger partial charge in [-0.25, -0.2) is 0 Å². The first-order valence-corrected chi connectivity index (χ1v) is 8.51. The van der Waals surface area contributed by atoms with Crippen molar-refractivity contribution in [3.8, 4) is 0 Å². The highest BCUT2D eigenvalue weighted by Gasteiger charge is 2.50. The van der Waals surface area contributed by atoms with E-state index in [4.69, 9.17) is 4.74 Å². The zero-order valence-corrected chi connectivity index (χ0v) is 12.5. The lowest BCUT2D eigenvalue weighted by molar-refractivity contribution is 0.0527. The topological polar surface area (TPSA) is 50.7 Å². The third-order valence-corrected chi connectivity index (χ3v) is 5.94. The van der Waals surface area contributed by atoms with Crippen molar-refractivity contribution in [3.05, 3.63) is 4.91 Å². The van der Waals surface area contributed by atoms with E-state index in [1.807, 2.05) is 0 Å². The number of nitrogens with zero attached hydrogens (tertiary/aromatic N) is 1. The van der Waals surface area contributed by atoms with Gasteiger partial charge in [0.1, 0.15) is 5.54 Å². The van der Waals surface area contributed by atoms with Crippen molar-refractivity contribution in [2.24, 2.45) is 17.0 Å². The van der Waals surface area contributed by atoms with Crippen molar-refractivity contribution in [1.82, 2.24) is 5.32 Å². The van der Waals surface area contributed by atoms with E-state index in [0.717, 1.165) is 39.0 Å². The lowest BCUT2D eigenvalue weighted by Crippen LogP contribution is -2.52. The molecule has 0 radical (unpaired) electrons. The van der Waals surface area contributed by atoms with Crippen LogP contribution >= 0.6 is 0 Å². The summed E-state index contributed by atoms with van der Waals surface area (Å²) < 4.78 is 5.41. The fourth-order valence-corrected chi connectivity index (χ4v) is 4.73. The van der Waals surface area contributed by atoms with Gasteiger partial charge in [-0.2, -0.15) is 4.91 Å². The van der Waals surface area contributed by atoms with E-state index in [9.17, 15) is 4.91 Å². The second kappa shape index (κ2) is 6.52. The predicted octanol–water partition coefficient (Wildman–Crippen LogP) is 3.25. The second-order valence-electron chi connectivity index (χ2n) is 6.95. The quantitative estimate of drug-likeness (QED) is 0.804. The lowest BCUT2D eigenvalue weighted by atomic mass is 9.60. The number of nitrogens with one attached hydrogen (secondary N) is 1. The minimum Gasteiger partial charge on any atom is -0.381 e. The molecule has 0 amide bonds. The second-order valence-corrected chi connectivity index (χ2v) is 6.95. The SMILES string of the molecule is O=NC12CCCCC1CCCC2CNC1CCOCC1. The van der Waals surface area contributed by atoms with Gasteiger partial charge in [-0.1, -0.05) is 24.4 Å².